The van der Waals surface area contributed by atoms with E-state index in [0.717, 1.165) is 32.2 Å². The van der Waals surface area contributed by atoms with Crippen LogP contribution < -0.4 is 0 Å². The van der Waals surface area contributed by atoms with Gasteiger partial charge >= 0.3 is 0 Å². The van der Waals surface area contributed by atoms with Crippen LogP contribution in [0.1, 0.15) is 32.6 Å². The van der Waals surface area contributed by atoms with Gasteiger partial charge in [-0.3, -0.25) is 4.90 Å². The average Bonchev–Trinajstić information content (AvgIpc) is 2.55. The van der Waals surface area contributed by atoms with Gasteiger partial charge in [-0.1, -0.05) is 19.8 Å². The van der Waals surface area contributed by atoms with Crippen LogP contribution in [0.25, 0.3) is 0 Å². The third-order valence-electron chi connectivity index (χ3n) is 4.14. The maximum absolute atomic E-state index is 10.2. The van der Waals surface area contributed by atoms with Crippen molar-refractivity contribution in [1.29, 1.82) is 0 Å². The minimum absolute atomic E-state index is 0.245. The second kappa shape index (κ2) is 5.00. The van der Waals surface area contributed by atoms with Gasteiger partial charge in [0.1, 0.15) is 0 Å². The fraction of sp³-hybridized carbons (Fsp3) is 1.00. The molecule has 0 aromatic heterocycles. The minimum Gasteiger partial charge on any atom is -0.391 e. The van der Waals surface area contributed by atoms with Crippen LogP contribution in [0, 0.1) is 5.92 Å². The van der Waals surface area contributed by atoms with Crippen molar-refractivity contribution in [3.05, 3.63) is 0 Å². The van der Waals surface area contributed by atoms with Gasteiger partial charge in [-0.15, -0.1) is 0 Å². The SMILES string of the molecule is CCCC[C@@H]1CCN2C[C@@H](O)[C@@H](O)[C@H]2[C@@H]1O. The molecule has 16 heavy (non-hydrogen) atoms. The van der Waals surface area contributed by atoms with Crippen LogP contribution in [0.4, 0.5) is 0 Å². The number of hydrogen-bond acceptors (Lipinski definition) is 4. The van der Waals surface area contributed by atoms with Crippen LogP contribution >= 0.6 is 0 Å². The Morgan fingerprint density at radius 1 is 1.19 bits per heavy atom. The van der Waals surface area contributed by atoms with Gasteiger partial charge in [-0.2, -0.15) is 0 Å². The highest BCUT2D eigenvalue weighted by atomic mass is 16.3. The number of nitrogens with zero attached hydrogens (tertiary/aromatic N) is 1. The molecule has 0 unspecified atom stereocenters. The lowest BCUT2D eigenvalue weighted by molar-refractivity contribution is -0.0584. The average molecular weight is 229 g/mol. The van der Waals surface area contributed by atoms with Gasteiger partial charge < -0.3 is 15.3 Å². The molecule has 0 saturated carbocycles. The molecule has 2 fully saturated rings. The molecule has 0 aromatic rings. The summed E-state index contributed by atoms with van der Waals surface area (Å²) in [5.74, 6) is 0.293. The number of aliphatic hydroxyl groups is 3. The molecule has 2 heterocycles. The highest BCUT2D eigenvalue weighted by Crippen LogP contribution is 2.33. The molecular formula is C12H23NO3. The van der Waals surface area contributed by atoms with Crippen LogP contribution in [0.5, 0.6) is 0 Å². The highest BCUT2D eigenvalue weighted by Gasteiger charge is 2.48. The molecule has 0 aliphatic carbocycles. The normalized spacial score (nSPS) is 44.6. The molecule has 3 N–H and O–H groups in total. The van der Waals surface area contributed by atoms with E-state index in [-0.39, 0.29) is 6.04 Å². The summed E-state index contributed by atoms with van der Waals surface area (Å²) in [5, 5.41) is 29.7. The predicted molar refractivity (Wildman–Crippen MR) is 61.0 cm³/mol. The first-order chi connectivity index (χ1) is 7.65. The number of hydrogen-bond donors (Lipinski definition) is 3. The van der Waals surface area contributed by atoms with E-state index in [9.17, 15) is 15.3 Å². The fourth-order valence-electron chi connectivity index (χ4n) is 3.13. The monoisotopic (exact) mass is 229 g/mol. The first-order valence-electron chi connectivity index (χ1n) is 6.43. The second-order valence-corrected chi connectivity index (χ2v) is 5.23. The molecule has 0 amide bonds. The topological polar surface area (TPSA) is 63.9 Å². The predicted octanol–water partition coefficient (Wildman–Crippen LogP) is -0.0366. The fourth-order valence-corrected chi connectivity index (χ4v) is 3.13. The van der Waals surface area contributed by atoms with E-state index >= 15 is 0 Å². The summed E-state index contributed by atoms with van der Waals surface area (Å²) in [7, 11) is 0. The van der Waals surface area contributed by atoms with Crippen molar-refractivity contribution in [2.24, 2.45) is 5.92 Å². The van der Waals surface area contributed by atoms with Gasteiger partial charge in [0.25, 0.3) is 0 Å². The Morgan fingerprint density at radius 2 is 1.94 bits per heavy atom. The highest BCUT2D eigenvalue weighted by molar-refractivity contribution is 5.01. The zero-order chi connectivity index (χ0) is 11.7. The zero-order valence-corrected chi connectivity index (χ0v) is 9.92. The summed E-state index contributed by atoms with van der Waals surface area (Å²) in [6.45, 7) is 3.54. The first-order valence-corrected chi connectivity index (χ1v) is 6.43. The van der Waals surface area contributed by atoms with E-state index in [0.29, 0.717) is 12.5 Å². The molecule has 0 radical (unpaired) electrons. The van der Waals surface area contributed by atoms with Crippen molar-refractivity contribution < 1.29 is 15.3 Å². The summed E-state index contributed by atoms with van der Waals surface area (Å²) >= 11 is 0. The van der Waals surface area contributed by atoms with E-state index in [1.165, 1.54) is 0 Å². The second-order valence-electron chi connectivity index (χ2n) is 5.23. The summed E-state index contributed by atoms with van der Waals surface area (Å²) in [6, 6.07) is -0.245. The Morgan fingerprint density at radius 3 is 2.62 bits per heavy atom. The molecule has 2 saturated heterocycles. The molecule has 94 valence electrons. The molecule has 2 rings (SSSR count). The zero-order valence-electron chi connectivity index (χ0n) is 9.92. The van der Waals surface area contributed by atoms with E-state index in [2.05, 4.69) is 6.92 Å². The Kier molecular flexibility index (Phi) is 3.85. The Balaban J connectivity index is 1.99. The number of aliphatic hydroxyl groups excluding tert-OH is 3. The van der Waals surface area contributed by atoms with Crippen molar-refractivity contribution in [3.8, 4) is 0 Å². The van der Waals surface area contributed by atoms with Gasteiger partial charge in [0.15, 0.2) is 0 Å². The summed E-state index contributed by atoms with van der Waals surface area (Å²) in [4.78, 5) is 2.03. The smallest absolute Gasteiger partial charge is 0.0991 e. The quantitative estimate of drug-likeness (QED) is 0.635. The standard InChI is InChI=1S/C12H23NO3/c1-2-3-4-8-5-6-13-7-9(14)12(16)10(13)11(8)15/h8-12,14-16H,2-7H2,1H3/t8-,9-,10-,11-,12-/m1/s1. The first kappa shape index (κ1) is 12.3. The summed E-state index contributed by atoms with van der Waals surface area (Å²) in [6.07, 6.45) is 2.34. The molecule has 2 aliphatic heterocycles. The third-order valence-corrected chi connectivity index (χ3v) is 4.14. The van der Waals surface area contributed by atoms with Crippen LogP contribution in [0.2, 0.25) is 0 Å². The molecule has 0 aromatic carbocycles. The van der Waals surface area contributed by atoms with Crippen LogP contribution in [0.15, 0.2) is 0 Å². The van der Waals surface area contributed by atoms with E-state index in [1.807, 2.05) is 4.90 Å². The maximum atomic E-state index is 10.2. The maximum Gasteiger partial charge on any atom is 0.0991 e. The lowest BCUT2D eigenvalue weighted by atomic mass is 9.83. The molecular weight excluding hydrogens is 206 g/mol. The number of unbranched alkanes of at least 4 members (excludes halogenated alkanes) is 1. The molecule has 0 spiro atoms. The Labute approximate surface area is 96.9 Å². The Bertz CT molecular complexity index is 236. The van der Waals surface area contributed by atoms with Crippen molar-refractivity contribution in [1.82, 2.24) is 4.90 Å². The summed E-state index contributed by atoms with van der Waals surface area (Å²) < 4.78 is 0. The van der Waals surface area contributed by atoms with Crippen molar-refractivity contribution in [2.45, 2.75) is 57.0 Å². The van der Waals surface area contributed by atoms with Crippen LogP contribution in [-0.2, 0) is 0 Å². The van der Waals surface area contributed by atoms with Crippen molar-refractivity contribution in [3.63, 3.8) is 0 Å². The number of rotatable bonds is 3. The lowest BCUT2D eigenvalue weighted by Crippen LogP contribution is -2.53. The molecule has 4 heteroatoms. The number of fused-ring (bicyclic) bond motifs is 1. The minimum atomic E-state index is -0.778. The molecule has 2 aliphatic rings. The van der Waals surface area contributed by atoms with Crippen LogP contribution in [-0.4, -0.2) is 57.7 Å². The number of piperidine rings is 1. The van der Waals surface area contributed by atoms with Gasteiger partial charge in [0.2, 0.25) is 0 Å². The van der Waals surface area contributed by atoms with Gasteiger partial charge in [0.05, 0.1) is 24.4 Å². The van der Waals surface area contributed by atoms with E-state index < -0.39 is 18.3 Å². The van der Waals surface area contributed by atoms with Gasteiger partial charge in [0, 0.05) is 6.54 Å². The molecule has 5 atom stereocenters. The van der Waals surface area contributed by atoms with Crippen molar-refractivity contribution in [2.75, 3.05) is 13.1 Å². The Hall–Kier alpha value is -0.160. The third kappa shape index (κ3) is 2.12. The summed E-state index contributed by atoms with van der Waals surface area (Å²) in [5.41, 5.74) is 0. The molecule has 4 nitrogen and oxygen atoms in total. The van der Waals surface area contributed by atoms with E-state index in [1.54, 1.807) is 0 Å². The van der Waals surface area contributed by atoms with Crippen LogP contribution in [0.3, 0.4) is 0 Å². The molecule has 0 bridgehead atoms. The van der Waals surface area contributed by atoms with Gasteiger partial charge in [-0.05, 0) is 25.3 Å². The van der Waals surface area contributed by atoms with E-state index in [4.69, 9.17) is 0 Å². The van der Waals surface area contributed by atoms with Crippen molar-refractivity contribution >= 4 is 0 Å². The largest absolute Gasteiger partial charge is 0.391 e. The lowest BCUT2D eigenvalue weighted by Gasteiger charge is -2.40. The van der Waals surface area contributed by atoms with Gasteiger partial charge in [-0.25, -0.2) is 0 Å².